The smallest absolute Gasteiger partial charge is 0.0749 e. The van der Waals surface area contributed by atoms with Gasteiger partial charge in [-0.25, -0.2) is 0 Å². The molecule has 0 saturated carbocycles. The van der Waals surface area contributed by atoms with Crippen LogP contribution in [0.4, 0.5) is 0 Å². The highest BCUT2D eigenvalue weighted by molar-refractivity contribution is 5.82. The lowest BCUT2D eigenvalue weighted by Crippen LogP contribution is -2.14. The van der Waals surface area contributed by atoms with Gasteiger partial charge in [-0.2, -0.15) is 0 Å². The van der Waals surface area contributed by atoms with Crippen molar-refractivity contribution in [1.82, 2.24) is 4.98 Å². The fourth-order valence-corrected chi connectivity index (χ4v) is 2.70. The van der Waals surface area contributed by atoms with Gasteiger partial charge in [0.1, 0.15) is 0 Å². The van der Waals surface area contributed by atoms with E-state index < -0.39 is 0 Å². The van der Waals surface area contributed by atoms with E-state index in [-0.39, 0.29) is 6.04 Å². The third kappa shape index (κ3) is 2.96. The molecule has 0 aliphatic carbocycles. The second-order valence-electron chi connectivity index (χ2n) is 5.40. The number of fused-ring (bicyclic) bond motifs is 1. The minimum absolute atomic E-state index is 0.0314. The van der Waals surface area contributed by atoms with Crippen LogP contribution >= 0.6 is 0 Å². The zero-order valence-corrected chi connectivity index (χ0v) is 12.3. The number of hydrogen-bond acceptors (Lipinski definition) is 2. The molecule has 2 N–H and O–H groups in total. The van der Waals surface area contributed by atoms with E-state index >= 15 is 0 Å². The molecule has 0 bridgehead atoms. The van der Waals surface area contributed by atoms with Crippen molar-refractivity contribution in [1.29, 1.82) is 0 Å². The number of aryl methyl sites for hydroxylation is 1. The van der Waals surface area contributed by atoms with Gasteiger partial charge in [-0.05, 0) is 35.6 Å². The first-order valence-electron chi connectivity index (χ1n) is 7.45. The van der Waals surface area contributed by atoms with E-state index in [4.69, 9.17) is 5.73 Å². The third-order valence-electron chi connectivity index (χ3n) is 3.95. The van der Waals surface area contributed by atoms with Crippen LogP contribution in [0.2, 0.25) is 0 Å². The summed E-state index contributed by atoms with van der Waals surface area (Å²) in [6.45, 7) is 2.17. The SMILES string of the molecule is CCc1ccc(CC(N)c2cccc3cccnc23)cc1. The Bertz CT molecular complexity index is 727. The first-order valence-corrected chi connectivity index (χ1v) is 7.45. The van der Waals surface area contributed by atoms with Crippen LogP contribution in [0.1, 0.15) is 29.7 Å². The van der Waals surface area contributed by atoms with E-state index in [0.29, 0.717) is 0 Å². The molecule has 1 unspecified atom stereocenters. The molecule has 1 heterocycles. The highest BCUT2D eigenvalue weighted by atomic mass is 14.7. The molecule has 0 amide bonds. The number of aromatic nitrogens is 1. The number of para-hydroxylation sites is 1. The normalized spacial score (nSPS) is 12.5. The zero-order chi connectivity index (χ0) is 14.7. The highest BCUT2D eigenvalue weighted by Gasteiger charge is 2.11. The van der Waals surface area contributed by atoms with Gasteiger partial charge in [0.05, 0.1) is 5.52 Å². The van der Waals surface area contributed by atoms with Gasteiger partial charge in [-0.3, -0.25) is 4.98 Å². The van der Waals surface area contributed by atoms with Gasteiger partial charge in [0, 0.05) is 17.6 Å². The molecule has 2 aromatic carbocycles. The summed E-state index contributed by atoms with van der Waals surface area (Å²) in [4.78, 5) is 4.49. The Morgan fingerprint density at radius 3 is 2.43 bits per heavy atom. The standard InChI is InChI=1S/C19H20N2/c1-2-14-8-10-15(11-9-14)13-18(20)17-7-3-5-16-6-4-12-21-19(16)17/h3-12,18H,2,13,20H2,1H3. The molecular formula is C19H20N2. The molecule has 3 aromatic rings. The van der Waals surface area contributed by atoms with Gasteiger partial charge < -0.3 is 5.73 Å². The minimum Gasteiger partial charge on any atom is -0.324 e. The van der Waals surface area contributed by atoms with E-state index in [1.807, 2.05) is 12.3 Å². The lowest BCUT2D eigenvalue weighted by molar-refractivity contribution is 0.726. The molecule has 3 rings (SSSR count). The largest absolute Gasteiger partial charge is 0.324 e. The molecule has 0 aliphatic heterocycles. The van der Waals surface area contributed by atoms with Crippen molar-refractivity contribution in [3.8, 4) is 0 Å². The van der Waals surface area contributed by atoms with Crippen molar-refractivity contribution in [3.05, 3.63) is 77.5 Å². The summed E-state index contributed by atoms with van der Waals surface area (Å²) in [7, 11) is 0. The molecule has 0 saturated heterocycles. The average Bonchev–Trinajstić information content (AvgIpc) is 2.55. The zero-order valence-electron chi connectivity index (χ0n) is 12.3. The Hall–Kier alpha value is -2.19. The van der Waals surface area contributed by atoms with Crippen molar-refractivity contribution < 1.29 is 0 Å². The Kier molecular flexibility index (Phi) is 3.98. The molecule has 0 radical (unpaired) electrons. The van der Waals surface area contributed by atoms with Crippen molar-refractivity contribution in [2.24, 2.45) is 5.73 Å². The Labute approximate surface area is 125 Å². The molecule has 2 nitrogen and oxygen atoms in total. The molecule has 0 fully saturated rings. The van der Waals surface area contributed by atoms with Gasteiger partial charge in [0.15, 0.2) is 0 Å². The van der Waals surface area contributed by atoms with Crippen LogP contribution in [0.3, 0.4) is 0 Å². The maximum Gasteiger partial charge on any atom is 0.0749 e. The lowest BCUT2D eigenvalue weighted by Gasteiger charge is -2.14. The van der Waals surface area contributed by atoms with Gasteiger partial charge in [0.25, 0.3) is 0 Å². The number of benzene rings is 2. The van der Waals surface area contributed by atoms with Crippen molar-refractivity contribution in [3.63, 3.8) is 0 Å². The van der Waals surface area contributed by atoms with Gasteiger partial charge in [-0.1, -0.05) is 55.5 Å². The highest BCUT2D eigenvalue weighted by Crippen LogP contribution is 2.23. The first-order chi connectivity index (χ1) is 10.3. The monoisotopic (exact) mass is 276 g/mol. The van der Waals surface area contributed by atoms with Crippen LogP contribution in [0.25, 0.3) is 10.9 Å². The van der Waals surface area contributed by atoms with E-state index in [9.17, 15) is 0 Å². The minimum atomic E-state index is -0.0314. The van der Waals surface area contributed by atoms with Gasteiger partial charge >= 0.3 is 0 Å². The van der Waals surface area contributed by atoms with Crippen LogP contribution in [-0.4, -0.2) is 4.98 Å². The fraction of sp³-hybridized carbons (Fsp3) is 0.211. The van der Waals surface area contributed by atoms with Crippen LogP contribution < -0.4 is 5.73 Å². The average molecular weight is 276 g/mol. The Morgan fingerprint density at radius 2 is 1.67 bits per heavy atom. The maximum absolute atomic E-state index is 6.42. The summed E-state index contributed by atoms with van der Waals surface area (Å²) in [6, 6.07) is 18.9. The number of rotatable bonds is 4. The van der Waals surface area contributed by atoms with E-state index in [1.165, 1.54) is 11.1 Å². The molecule has 0 spiro atoms. The van der Waals surface area contributed by atoms with Gasteiger partial charge in [-0.15, -0.1) is 0 Å². The molecule has 106 valence electrons. The second-order valence-corrected chi connectivity index (χ2v) is 5.40. The number of pyridine rings is 1. The molecule has 0 aliphatic rings. The summed E-state index contributed by atoms with van der Waals surface area (Å²) in [5, 5.41) is 1.15. The third-order valence-corrected chi connectivity index (χ3v) is 3.95. The van der Waals surface area contributed by atoms with Crippen LogP contribution in [0, 0.1) is 0 Å². The molecule has 1 aromatic heterocycles. The topological polar surface area (TPSA) is 38.9 Å². The van der Waals surface area contributed by atoms with Crippen LogP contribution in [0.15, 0.2) is 60.8 Å². The van der Waals surface area contributed by atoms with Crippen molar-refractivity contribution in [2.45, 2.75) is 25.8 Å². The van der Waals surface area contributed by atoms with Crippen molar-refractivity contribution in [2.75, 3.05) is 0 Å². The van der Waals surface area contributed by atoms with Crippen LogP contribution in [0.5, 0.6) is 0 Å². The molecule has 21 heavy (non-hydrogen) atoms. The van der Waals surface area contributed by atoms with E-state index in [0.717, 1.165) is 29.3 Å². The lowest BCUT2D eigenvalue weighted by atomic mass is 9.96. The molecule has 1 atom stereocenters. The summed E-state index contributed by atoms with van der Waals surface area (Å²) >= 11 is 0. The van der Waals surface area contributed by atoms with E-state index in [1.54, 1.807) is 0 Å². The first kappa shape index (κ1) is 13.8. The Morgan fingerprint density at radius 1 is 0.952 bits per heavy atom. The van der Waals surface area contributed by atoms with E-state index in [2.05, 4.69) is 60.4 Å². The second kappa shape index (κ2) is 6.06. The fourth-order valence-electron chi connectivity index (χ4n) is 2.70. The van der Waals surface area contributed by atoms with Crippen LogP contribution in [-0.2, 0) is 12.8 Å². The number of hydrogen-bond donors (Lipinski definition) is 1. The van der Waals surface area contributed by atoms with Gasteiger partial charge in [0.2, 0.25) is 0 Å². The summed E-state index contributed by atoms with van der Waals surface area (Å²) in [6.07, 6.45) is 3.73. The molecular weight excluding hydrogens is 256 g/mol. The Balaban J connectivity index is 1.88. The predicted molar refractivity (Wildman–Crippen MR) is 88.2 cm³/mol. The quantitative estimate of drug-likeness (QED) is 0.781. The number of nitrogens with zero attached hydrogens (tertiary/aromatic N) is 1. The van der Waals surface area contributed by atoms with Crippen molar-refractivity contribution >= 4 is 10.9 Å². The summed E-state index contributed by atoms with van der Waals surface area (Å²) < 4.78 is 0. The predicted octanol–water partition coefficient (Wildman–Crippen LogP) is 4.04. The number of nitrogens with two attached hydrogens (primary N) is 1. The maximum atomic E-state index is 6.42. The molecule has 2 heteroatoms. The summed E-state index contributed by atoms with van der Waals surface area (Å²) in [5.41, 5.74) is 11.2. The summed E-state index contributed by atoms with van der Waals surface area (Å²) in [5.74, 6) is 0.